The van der Waals surface area contributed by atoms with Crippen LogP contribution in [0.5, 0.6) is 23.0 Å². The maximum atomic E-state index is 14.8. The number of methoxy groups -OCH3 is 2. The smallest absolute Gasteiger partial charge is 0.129 e. The highest BCUT2D eigenvalue weighted by Crippen LogP contribution is 2.45. The van der Waals surface area contributed by atoms with Crippen LogP contribution in [0.3, 0.4) is 0 Å². The van der Waals surface area contributed by atoms with E-state index in [-0.39, 0.29) is 33.3 Å². The van der Waals surface area contributed by atoms with Crippen molar-refractivity contribution in [3.05, 3.63) is 95.1 Å². The molecule has 0 atom stereocenters. The van der Waals surface area contributed by atoms with Crippen molar-refractivity contribution >= 4 is 0 Å². The Kier molecular flexibility index (Phi) is 12.4. The lowest BCUT2D eigenvalue weighted by Gasteiger charge is -2.34. The van der Waals surface area contributed by atoms with Gasteiger partial charge in [-0.25, -0.2) is 8.78 Å². The molecule has 0 N–H and O–H groups in total. The van der Waals surface area contributed by atoms with E-state index >= 15 is 0 Å². The van der Waals surface area contributed by atoms with Crippen molar-refractivity contribution in [1.29, 1.82) is 0 Å². The second-order valence-electron chi connectivity index (χ2n) is 17.9. The van der Waals surface area contributed by atoms with Crippen molar-refractivity contribution in [2.45, 2.75) is 106 Å². The zero-order chi connectivity index (χ0) is 38.6. The van der Waals surface area contributed by atoms with Crippen LogP contribution in [-0.4, -0.2) is 27.4 Å². The third-order valence-electron chi connectivity index (χ3n) is 9.45. The molecule has 0 amide bonds. The molecular formula is C46H60F2O4. The maximum absolute atomic E-state index is 14.8. The van der Waals surface area contributed by atoms with Crippen LogP contribution in [0, 0.1) is 29.4 Å². The Bertz CT molecular complexity index is 1840. The van der Waals surface area contributed by atoms with Gasteiger partial charge in [0.15, 0.2) is 0 Å². The Hall–Kier alpha value is -4.06. The van der Waals surface area contributed by atoms with E-state index in [9.17, 15) is 8.78 Å². The largest absolute Gasteiger partial charge is 0.496 e. The van der Waals surface area contributed by atoms with Gasteiger partial charge in [0.1, 0.15) is 34.6 Å². The van der Waals surface area contributed by atoms with Gasteiger partial charge in [0.05, 0.1) is 27.4 Å². The fourth-order valence-corrected chi connectivity index (χ4v) is 7.93. The Morgan fingerprint density at radius 3 is 1.42 bits per heavy atom. The van der Waals surface area contributed by atoms with Gasteiger partial charge < -0.3 is 18.9 Å². The Balaban J connectivity index is 1.57. The number of benzene rings is 4. The summed E-state index contributed by atoms with van der Waals surface area (Å²) in [4.78, 5) is 0. The van der Waals surface area contributed by atoms with Crippen LogP contribution in [0.15, 0.2) is 66.7 Å². The third kappa shape index (κ3) is 10.3. The van der Waals surface area contributed by atoms with Gasteiger partial charge in [-0.3, -0.25) is 0 Å². The SMILES string of the molecule is COc1ccc(C(C)(C)CC(C)(C)C)cc1-c1cc(F)ccc1OCCCOc1ccc(F)cc1-c1cc(C(C)(C)CC(C)(C)C)cc(C)c1OC. The van der Waals surface area contributed by atoms with Crippen LogP contribution in [-0.2, 0) is 10.8 Å². The third-order valence-corrected chi connectivity index (χ3v) is 9.45. The number of aryl methyl sites for hydroxylation is 1. The summed E-state index contributed by atoms with van der Waals surface area (Å²) in [5.41, 5.74) is 6.15. The summed E-state index contributed by atoms with van der Waals surface area (Å²) in [6, 6.07) is 19.6. The van der Waals surface area contributed by atoms with Gasteiger partial charge in [-0.1, -0.05) is 81.4 Å². The molecule has 0 heterocycles. The number of ether oxygens (including phenoxy) is 4. The predicted molar refractivity (Wildman–Crippen MR) is 211 cm³/mol. The summed E-state index contributed by atoms with van der Waals surface area (Å²) in [6.07, 6.45) is 2.49. The van der Waals surface area contributed by atoms with Gasteiger partial charge in [0.25, 0.3) is 0 Å². The predicted octanol–water partition coefficient (Wildman–Crippen LogP) is 12.9. The minimum Gasteiger partial charge on any atom is -0.496 e. The van der Waals surface area contributed by atoms with Crippen molar-refractivity contribution in [2.24, 2.45) is 10.8 Å². The molecule has 282 valence electrons. The molecule has 52 heavy (non-hydrogen) atoms. The Labute approximate surface area is 311 Å². The normalized spacial score (nSPS) is 12.5. The molecule has 4 aromatic carbocycles. The van der Waals surface area contributed by atoms with Gasteiger partial charge in [-0.05, 0) is 113 Å². The van der Waals surface area contributed by atoms with Crippen molar-refractivity contribution in [3.8, 4) is 45.3 Å². The van der Waals surface area contributed by atoms with Crippen LogP contribution in [0.25, 0.3) is 22.3 Å². The first-order valence-electron chi connectivity index (χ1n) is 18.4. The van der Waals surface area contributed by atoms with Gasteiger partial charge in [0.2, 0.25) is 0 Å². The lowest BCUT2D eigenvalue weighted by Crippen LogP contribution is -2.25. The van der Waals surface area contributed by atoms with Crippen molar-refractivity contribution in [3.63, 3.8) is 0 Å². The lowest BCUT2D eigenvalue weighted by atomic mass is 9.71. The van der Waals surface area contributed by atoms with E-state index in [0.717, 1.165) is 40.7 Å². The standard InChI is InChI=1S/C46H60F2O4/c1-30-23-32(46(10,11)29-44(5,6)7)25-38(42(30)50-13)37-27-34(48)17-20-41(37)52-22-14-21-51-40-19-16-33(47)26-36(40)35-24-31(15-18-39(35)49-12)45(8,9)28-43(2,3)4/h15-20,23-27H,14,21-22,28-29H2,1-13H3. The number of hydrogen-bond donors (Lipinski definition) is 0. The second kappa shape index (κ2) is 15.9. The summed E-state index contributed by atoms with van der Waals surface area (Å²) in [5, 5.41) is 0. The monoisotopic (exact) mass is 714 g/mol. The first kappa shape index (κ1) is 40.7. The lowest BCUT2D eigenvalue weighted by molar-refractivity contribution is 0.248. The van der Waals surface area contributed by atoms with E-state index in [1.54, 1.807) is 26.4 Å². The summed E-state index contributed by atoms with van der Waals surface area (Å²) >= 11 is 0. The number of halogens is 2. The van der Waals surface area contributed by atoms with E-state index in [0.29, 0.717) is 53.8 Å². The molecule has 0 aliphatic rings. The first-order valence-corrected chi connectivity index (χ1v) is 18.4. The van der Waals surface area contributed by atoms with Crippen molar-refractivity contribution < 1.29 is 27.7 Å². The highest BCUT2D eigenvalue weighted by molar-refractivity contribution is 5.79. The maximum Gasteiger partial charge on any atom is 0.129 e. The molecule has 0 unspecified atom stereocenters. The summed E-state index contributed by atoms with van der Waals surface area (Å²) in [6.45, 7) is 25.1. The second-order valence-corrected chi connectivity index (χ2v) is 17.9. The van der Waals surface area contributed by atoms with Gasteiger partial charge in [0, 0.05) is 28.7 Å². The topological polar surface area (TPSA) is 36.9 Å². The molecular weight excluding hydrogens is 654 g/mol. The van der Waals surface area contributed by atoms with Crippen molar-refractivity contribution in [2.75, 3.05) is 27.4 Å². The van der Waals surface area contributed by atoms with Gasteiger partial charge in [-0.15, -0.1) is 0 Å². The zero-order valence-corrected chi connectivity index (χ0v) is 33.8. The molecule has 0 aromatic heterocycles. The Morgan fingerprint density at radius 2 is 0.942 bits per heavy atom. The average Bonchev–Trinajstić information content (AvgIpc) is 3.02. The molecule has 0 radical (unpaired) electrons. The minimum absolute atomic E-state index is 0.114. The van der Waals surface area contributed by atoms with E-state index in [4.69, 9.17) is 18.9 Å². The molecule has 4 nitrogen and oxygen atoms in total. The zero-order valence-electron chi connectivity index (χ0n) is 33.8. The van der Waals surface area contributed by atoms with E-state index in [2.05, 4.69) is 93.5 Å². The highest BCUT2D eigenvalue weighted by Gasteiger charge is 2.30. The minimum atomic E-state index is -0.354. The molecule has 0 aliphatic carbocycles. The molecule has 0 fully saturated rings. The first-order chi connectivity index (χ1) is 24.1. The van der Waals surface area contributed by atoms with Crippen molar-refractivity contribution in [1.82, 2.24) is 0 Å². The van der Waals surface area contributed by atoms with Crippen LogP contribution in [0.4, 0.5) is 8.78 Å². The molecule has 6 heteroatoms. The van der Waals surface area contributed by atoms with Crippen LogP contribution in [0.2, 0.25) is 0 Å². The molecule has 4 rings (SSSR count). The number of hydrogen-bond acceptors (Lipinski definition) is 4. The van der Waals surface area contributed by atoms with Gasteiger partial charge >= 0.3 is 0 Å². The summed E-state index contributed by atoms with van der Waals surface area (Å²) in [5.74, 6) is 1.76. The molecule has 0 spiro atoms. The van der Waals surface area contributed by atoms with Gasteiger partial charge in [-0.2, -0.15) is 0 Å². The quantitative estimate of drug-likeness (QED) is 0.122. The Morgan fingerprint density at radius 1 is 0.500 bits per heavy atom. The molecule has 4 aromatic rings. The highest BCUT2D eigenvalue weighted by atomic mass is 19.1. The molecule has 0 aliphatic heterocycles. The van der Waals surface area contributed by atoms with E-state index < -0.39 is 0 Å². The molecule has 0 saturated carbocycles. The fraction of sp³-hybridized carbons (Fsp3) is 0.478. The van der Waals surface area contributed by atoms with Crippen LogP contribution < -0.4 is 18.9 Å². The van der Waals surface area contributed by atoms with Crippen LogP contribution in [0.1, 0.15) is 105 Å². The molecule has 0 bridgehead atoms. The van der Waals surface area contributed by atoms with Crippen LogP contribution >= 0.6 is 0 Å². The number of rotatable bonds is 14. The average molecular weight is 715 g/mol. The molecule has 0 saturated heterocycles. The summed E-state index contributed by atoms with van der Waals surface area (Å²) < 4.78 is 53.8. The fourth-order valence-electron chi connectivity index (χ4n) is 7.93. The summed E-state index contributed by atoms with van der Waals surface area (Å²) in [7, 11) is 3.27. The van der Waals surface area contributed by atoms with E-state index in [1.165, 1.54) is 24.3 Å². The van der Waals surface area contributed by atoms with E-state index in [1.807, 2.05) is 13.0 Å².